The number of halogens is 1. The van der Waals surface area contributed by atoms with Crippen LogP contribution in [0.1, 0.15) is 34.6 Å². The number of carbonyl (C=O) groups is 1. The lowest BCUT2D eigenvalue weighted by atomic mass is 10.1. The largest absolute Gasteiger partial charge is 0.344 e. The highest BCUT2D eigenvalue weighted by Gasteiger charge is 2.14. The predicted molar refractivity (Wildman–Crippen MR) is 93.1 cm³/mol. The van der Waals surface area contributed by atoms with Crippen LogP contribution in [0.3, 0.4) is 0 Å². The minimum Gasteiger partial charge on any atom is -0.344 e. The first-order chi connectivity index (χ1) is 11.1. The Morgan fingerprint density at radius 1 is 1.26 bits per heavy atom. The molecule has 23 heavy (non-hydrogen) atoms. The van der Waals surface area contributed by atoms with Crippen molar-refractivity contribution in [3.63, 3.8) is 0 Å². The number of benzene rings is 1. The van der Waals surface area contributed by atoms with Crippen molar-refractivity contribution in [3.8, 4) is 0 Å². The fraction of sp³-hybridized carbons (Fsp3) is 0.176. The third-order valence-electron chi connectivity index (χ3n) is 3.70. The molecule has 1 unspecified atom stereocenters. The van der Waals surface area contributed by atoms with E-state index < -0.39 is 0 Å². The molecule has 0 aliphatic heterocycles. The summed E-state index contributed by atoms with van der Waals surface area (Å²) in [6.07, 6.45) is 3.61. The Kier molecular flexibility index (Phi) is 4.45. The molecule has 3 rings (SSSR count). The summed E-state index contributed by atoms with van der Waals surface area (Å²) >= 11 is 3.40. The van der Waals surface area contributed by atoms with Gasteiger partial charge in [-0.25, -0.2) is 4.98 Å². The van der Waals surface area contributed by atoms with Gasteiger partial charge >= 0.3 is 0 Å². The standard InChI is InChI=1S/C17H17BrN4O/c1-11(13-3-5-14(18)6-4-13)20-17(23)15-10-22-9-12(8-19)2-7-16(22)21-15/h2-7,9-11H,8,19H2,1H3,(H,20,23). The highest BCUT2D eigenvalue weighted by molar-refractivity contribution is 9.10. The number of pyridine rings is 1. The zero-order valence-corrected chi connectivity index (χ0v) is 14.2. The summed E-state index contributed by atoms with van der Waals surface area (Å²) in [5, 5.41) is 2.97. The van der Waals surface area contributed by atoms with Gasteiger partial charge in [0.1, 0.15) is 11.3 Å². The zero-order chi connectivity index (χ0) is 16.4. The average Bonchev–Trinajstić information content (AvgIpc) is 2.98. The van der Waals surface area contributed by atoms with Gasteiger partial charge in [0.25, 0.3) is 5.91 Å². The molecule has 2 aromatic heterocycles. The molecular weight excluding hydrogens is 356 g/mol. The summed E-state index contributed by atoms with van der Waals surface area (Å²) in [7, 11) is 0. The highest BCUT2D eigenvalue weighted by Crippen LogP contribution is 2.17. The first-order valence-corrected chi connectivity index (χ1v) is 8.10. The summed E-state index contributed by atoms with van der Waals surface area (Å²) in [6.45, 7) is 2.40. The van der Waals surface area contributed by atoms with Crippen molar-refractivity contribution in [1.29, 1.82) is 0 Å². The molecule has 3 aromatic rings. The molecule has 0 radical (unpaired) electrons. The van der Waals surface area contributed by atoms with Crippen molar-refractivity contribution in [2.24, 2.45) is 5.73 Å². The Labute approximate surface area is 142 Å². The highest BCUT2D eigenvalue weighted by atomic mass is 79.9. The van der Waals surface area contributed by atoms with Crippen LogP contribution in [0.15, 0.2) is 53.3 Å². The van der Waals surface area contributed by atoms with Crippen molar-refractivity contribution < 1.29 is 4.79 Å². The predicted octanol–water partition coefficient (Wildman–Crippen LogP) is 3.05. The maximum absolute atomic E-state index is 12.4. The molecule has 0 saturated carbocycles. The number of amides is 1. The van der Waals surface area contributed by atoms with Gasteiger partial charge in [0.15, 0.2) is 0 Å². The molecule has 5 nitrogen and oxygen atoms in total. The van der Waals surface area contributed by atoms with E-state index in [0.29, 0.717) is 12.2 Å². The number of nitrogens with zero attached hydrogens (tertiary/aromatic N) is 2. The summed E-state index contributed by atoms with van der Waals surface area (Å²) in [4.78, 5) is 16.8. The van der Waals surface area contributed by atoms with Gasteiger partial charge in [-0.2, -0.15) is 0 Å². The lowest BCUT2D eigenvalue weighted by Crippen LogP contribution is -2.26. The zero-order valence-electron chi connectivity index (χ0n) is 12.7. The second-order valence-electron chi connectivity index (χ2n) is 5.38. The van der Waals surface area contributed by atoms with Crippen LogP contribution >= 0.6 is 15.9 Å². The molecule has 0 bridgehead atoms. The van der Waals surface area contributed by atoms with Crippen LogP contribution in [-0.4, -0.2) is 15.3 Å². The summed E-state index contributed by atoms with van der Waals surface area (Å²) in [6, 6.07) is 11.5. The third-order valence-corrected chi connectivity index (χ3v) is 4.23. The molecule has 6 heteroatoms. The van der Waals surface area contributed by atoms with Gasteiger partial charge in [-0.1, -0.05) is 34.1 Å². The number of rotatable bonds is 4. The summed E-state index contributed by atoms with van der Waals surface area (Å²) in [5.74, 6) is -0.196. The number of carbonyl (C=O) groups excluding carboxylic acids is 1. The minimum absolute atomic E-state index is 0.0972. The molecule has 1 aromatic carbocycles. The van der Waals surface area contributed by atoms with Gasteiger partial charge in [0.2, 0.25) is 0 Å². The minimum atomic E-state index is -0.196. The molecule has 0 spiro atoms. The van der Waals surface area contributed by atoms with Crippen LogP contribution in [0.5, 0.6) is 0 Å². The van der Waals surface area contributed by atoms with Gasteiger partial charge in [-0.05, 0) is 36.2 Å². The molecule has 0 fully saturated rings. The fourth-order valence-electron chi connectivity index (χ4n) is 2.37. The molecular formula is C17H17BrN4O. The van der Waals surface area contributed by atoms with Gasteiger partial charge in [0, 0.05) is 23.4 Å². The molecule has 1 amide bonds. The lowest BCUT2D eigenvalue weighted by molar-refractivity contribution is 0.0935. The van der Waals surface area contributed by atoms with Gasteiger partial charge < -0.3 is 15.5 Å². The van der Waals surface area contributed by atoms with E-state index in [1.165, 1.54) is 0 Å². The van der Waals surface area contributed by atoms with Crippen LogP contribution < -0.4 is 11.1 Å². The fourth-order valence-corrected chi connectivity index (χ4v) is 2.64. The third kappa shape index (κ3) is 3.43. The first kappa shape index (κ1) is 15.7. The Bertz CT molecular complexity index is 841. The maximum atomic E-state index is 12.4. The topological polar surface area (TPSA) is 72.4 Å². The molecule has 3 N–H and O–H groups in total. The van der Waals surface area contributed by atoms with E-state index in [1.54, 1.807) is 6.20 Å². The molecule has 2 heterocycles. The number of hydrogen-bond donors (Lipinski definition) is 2. The monoisotopic (exact) mass is 372 g/mol. The van der Waals surface area contributed by atoms with Crippen LogP contribution in [0.25, 0.3) is 5.65 Å². The van der Waals surface area contributed by atoms with E-state index in [4.69, 9.17) is 5.73 Å². The van der Waals surface area contributed by atoms with Crippen molar-refractivity contribution in [3.05, 3.63) is 70.1 Å². The molecule has 0 aliphatic carbocycles. The Hall–Kier alpha value is -2.18. The van der Waals surface area contributed by atoms with E-state index in [0.717, 1.165) is 21.2 Å². The average molecular weight is 373 g/mol. The van der Waals surface area contributed by atoms with Crippen molar-refractivity contribution in [2.45, 2.75) is 19.5 Å². The second kappa shape index (κ2) is 6.52. The molecule has 0 saturated heterocycles. The Balaban J connectivity index is 1.78. The van der Waals surface area contributed by atoms with Crippen LogP contribution in [0.4, 0.5) is 0 Å². The van der Waals surface area contributed by atoms with Crippen molar-refractivity contribution in [1.82, 2.24) is 14.7 Å². The van der Waals surface area contributed by atoms with Gasteiger partial charge in [-0.15, -0.1) is 0 Å². The maximum Gasteiger partial charge on any atom is 0.271 e. The molecule has 1 atom stereocenters. The van der Waals surface area contributed by atoms with E-state index in [2.05, 4.69) is 26.2 Å². The lowest BCUT2D eigenvalue weighted by Gasteiger charge is -2.13. The summed E-state index contributed by atoms with van der Waals surface area (Å²) in [5.41, 5.74) is 8.78. The molecule has 0 aliphatic rings. The molecule has 118 valence electrons. The Morgan fingerprint density at radius 3 is 2.70 bits per heavy atom. The van der Waals surface area contributed by atoms with Crippen molar-refractivity contribution in [2.75, 3.05) is 0 Å². The van der Waals surface area contributed by atoms with E-state index in [9.17, 15) is 4.79 Å². The number of imidazole rings is 1. The second-order valence-corrected chi connectivity index (χ2v) is 6.30. The van der Waals surface area contributed by atoms with Gasteiger partial charge in [0.05, 0.1) is 6.04 Å². The number of hydrogen-bond acceptors (Lipinski definition) is 3. The number of nitrogens with two attached hydrogens (primary N) is 1. The van der Waals surface area contributed by atoms with Crippen molar-refractivity contribution >= 4 is 27.5 Å². The smallest absolute Gasteiger partial charge is 0.271 e. The number of nitrogens with one attached hydrogen (secondary N) is 1. The SMILES string of the molecule is CC(NC(=O)c1cn2cc(CN)ccc2n1)c1ccc(Br)cc1. The quantitative estimate of drug-likeness (QED) is 0.739. The van der Waals surface area contributed by atoms with E-state index >= 15 is 0 Å². The summed E-state index contributed by atoms with van der Waals surface area (Å²) < 4.78 is 2.83. The number of aromatic nitrogens is 2. The normalized spacial score (nSPS) is 12.3. The van der Waals surface area contributed by atoms with Gasteiger partial charge in [-0.3, -0.25) is 4.79 Å². The number of fused-ring (bicyclic) bond motifs is 1. The van der Waals surface area contributed by atoms with Crippen LogP contribution in [0.2, 0.25) is 0 Å². The first-order valence-electron chi connectivity index (χ1n) is 7.31. The van der Waals surface area contributed by atoms with Crippen LogP contribution in [-0.2, 0) is 6.54 Å². The van der Waals surface area contributed by atoms with E-state index in [-0.39, 0.29) is 11.9 Å². The van der Waals surface area contributed by atoms with Crippen LogP contribution in [0, 0.1) is 0 Å². The van der Waals surface area contributed by atoms with E-state index in [1.807, 2.05) is 53.9 Å². The Morgan fingerprint density at radius 2 is 2.00 bits per heavy atom.